The molecule has 0 atom stereocenters. The summed E-state index contributed by atoms with van der Waals surface area (Å²) in [5.74, 6) is -0.307. The zero-order valence-electron chi connectivity index (χ0n) is 15.2. The van der Waals surface area contributed by atoms with E-state index in [1.807, 2.05) is 27.8 Å². The Morgan fingerprint density at radius 1 is 1.24 bits per heavy atom. The van der Waals surface area contributed by atoms with Gasteiger partial charge in [-0.1, -0.05) is 18.5 Å². The summed E-state index contributed by atoms with van der Waals surface area (Å²) in [6.07, 6.45) is 0.763. The molecule has 1 amide bonds. The molecular formula is C17H26ClN3O3S. The fourth-order valence-electron chi connectivity index (χ4n) is 2.48. The largest absolute Gasteiger partial charge is 0.347 e. The van der Waals surface area contributed by atoms with Crippen LogP contribution in [-0.4, -0.2) is 62.3 Å². The van der Waals surface area contributed by atoms with Crippen LogP contribution in [0.5, 0.6) is 0 Å². The predicted octanol–water partition coefficient (Wildman–Crippen LogP) is 2.19. The van der Waals surface area contributed by atoms with Crippen LogP contribution in [0.3, 0.4) is 0 Å². The Morgan fingerprint density at radius 2 is 1.84 bits per heavy atom. The number of hydrogen-bond donors (Lipinski definition) is 1. The highest BCUT2D eigenvalue weighted by molar-refractivity contribution is 7.89. The lowest BCUT2D eigenvalue weighted by Crippen LogP contribution is -2.47. The Morgan fingerprint density at radius 3 is 2.40 bits per heavy atom. The van der Waals surface area contributed by atoms with Gasteiger partial charge in [-0.15, -0.1) is 0 Å². The minimum atomic E-state index is -3.73. The van der Waals surface area contributed by atoms with Crippen LogP contribution in [0.25, 0.3) is 0 Å². The van der Waals surface area contributed by atoms with E-state index in [1.54, 1.807) is 6.07 Å². The first-order valence-electron chi connectivity index (χ1n) is 8.37. The number of halogens is 1. The molecule has 8 heteroatoms. The quantitative estimate of drug-likeness (QED) is 0.840. The topological polar surface area (TPSA) is 69.7 Å². The maximum Gasteiger partial charge on any atom is 0.251 e. The van der Waals surface area contributed by atoms with E-state index < -0.39 is 10.0 Å². The Bertz CT molecular complexity index is 742. The van der Waals surface area contributed by atoms with Crippen molar-refractivity contribution in [3.63, 3.8) is 0 Å². The van der Waals surface area contributed by atoms with E-state index in [-0.39, 0.29) is 21.4 Å². The van der Waals surface area contributed by atoms with Crippen molar-refractivity contribution in [3.05, 3.63) is 28.8 Å². The van der Waals surface area contributed by atoms with Gasteiger partial charge in [-0.25, -0.2) is 8.42 Å². The summed E-state index contributed by atoms with van der Waals surface area (Å²) in [7, 11) is -1.77. The maximum absolute atomic E-state index is 12.9. The van der Waals surface area contributed by atoms with Gasteiger partial charge in [0.05, 0.1) is 5.02 Å². The number of rotatable bonds is 5. The predicted molar refractivity (Wildman–Crippen MR) is 99.5 cm³/mol. The first kappa shape index (κ1) is 20.2. The molecule has 0 radical (unpaired) electrons. The Balaban J connectivity index is 2.31. The number of nitrogens with zero attached hydrogens (tertiary/aromatic N) is 2. The molecule has 0 bridgehead atoms. The third-order valence-electron chi connectivity index (χ3n) is 4.61. The van der Waals surface area contributed by atoms with E-state index in [9.17, 15) is 13.2 Å². The van der Waals surface area contributed by atoms with E-state index in [0.29, 0.717) is 31.7 Å². The minimum absolute atomic E-state index is 0.0133. The molecule has 6 nitrogen and oxygen atoms in total. The highest BCUT2D eigenvalue weighted by Crippen LogP contribution is 2.27. The Hall–Kier alpha value is -1.15. The summed E-state index contributed by atoms with van der Waals surface area (Å²) in [5.41, 5.74) is -0.0774. The van der Waals surface area contributed by atoms with Crippen molar-refractivity contribution >= 4 is 27.5 Å². The van der Waals surface area contributed by atoms with Gasteiger partial charge in [0.15, 0.2) is 0 Å². The zero-order valence-corrected chi connectivity index (χ0v) is 16.7. The first-order chi connectivity index (χ1) is 11.6. The number of carbonyl (C=O) groups is 1. The van der Waals surface area contributed by atoms with Crippen molar-refractivity contribution in [2.45, 2.75) is 37.6 Å². The molecular weight excluding hydrogens is 362 g/mol. The van der Waals surface area contributed by atoms with Crippen LogP contribution in [0.15, 0.2) is 23.1 Å². The molecule has 1 N–H and O–H groups in total. The summed E-state index contributed by atoms with van der Waals surface area (Å²) in [5, 5.41) is 3.04. The van der Waals surface area contributed by atoms with Crippen LogP contribution >= 0.6 is 11.6 Å². The van der Waals surface area contributed by atoms with E-state index >= 15 is 0 Å². The van der Waals surface area contributed by atoms with Crippen molar-refractivity contribution < 1.29 is 13.2 Å². The summed E-state index contributed by atoms with van der Waals surface area (Å²) in [6.45, 7) is 7.98. The monoisotopic (exact) mass is 387 g/mol. The first-order valence-corrected chi connectivity index (χ1v) is 10.2. The second-order valence-corrected chi connectivity index (χ2v) is 9.36. The lowest BCUT2D eigenvalue weighted by Gasteiger charge is -2.31. The molecule has 1 fully saturated rings. The standard InChI is InChI=1S/C17H26ClN3O3S/c1-5-17(2,3)19-16(22)13-6-7-14(18)15(12-13)25(23,24)21-10-8-20(4)9-11-21/h6-7,12H,5,8-11H2,1-4H3,(H,19,22). The fraction of sp³-hybridized carbons (Fsp3) is 0.588. The highest BCUT2D eigenvalue weighted by atomic mass is 35.5. The second kappa shape index (κ2) is 7.61. The third-order valence-corrected chi connectivity index (χ3v) is 6.99. The van der Waals surface area contributed by atoms with Crippen LogP contribution in [-0.2, 0) is 10.0 Å². The summed E-state index contributed by atoms with van der Waals surface area (Å²) >= 11 is 6.15. The van der Waals surface area contributed by atoms with Crippen molar-refractivity contribution in [2.24, 2.45) is 0 Å². The van der Waals surface area contributed by atoms with E-state index in [2.05, 4.69) is 10.2 Å². The molecule has 140 valence electrons. The molecule has 1 heterocycles. The number of piperazine rings is 1. The molecule has 1 aromatic carbocycles. The van der Waals surface area contributed by atoms with Crippen LogP contribution < -0.4 is 5.32 Å². The van der Waals surface area contributed by atoms with Crippen LogP contribution in [0, 0.1) is 0 Å². The van der Waals surface area contributed by atoms with Gasteiger partial charge < -0.3 is 10.2 Å². The van der Waals surface area contributed by atoms with Gasteiger partial charge in [-0.2, -0.15) is 4.31 Å². The number of carbonyl (C=O) groups excluding carboxylic acids is 1. The number of benzene rings is 1. The SMILES string of the molecule is CCC(C)(C)NC(=O)c1ccc(Cl)c(S(=O)(=O)N2CCN(C)CC2)c1. The summed E-state index contributed by atoms with van der Waals surface area (Å²) in [6, 6.07) is 4.39. The van der Waals surface area contributed by atoms with E-state index in [1.165, 1.54) is 16.4 Å². The van der Waals surface area contributed by atoms with Gasteiger partial charge >= 0.3 is 0 Å². The van der Waals surface area contributed by atoms with E-state index in [0.717, 1.165) is 6.42 Å². The minimum Gasteiger partial charge on any atom is -0.347 e. The zero-order chi connectivity index (χ0) is 18.8. The molecule has 0 aromatic heterocycles. The molecule has 25 heavy (non-hydrogen) atoms. The molecule has 0 spiro atoms. The van der Waals surface area contributed by atoms with Gasteiger partial charge in [-0.3, -0.25) is 4.79 Å². The van der Waals surface area contributed by atoms with Crippen molar-refractivity contribution in [2.75, 3.05) is 33.2 Å². The number of nitrogens with one attached hydrogen (secondary N) is 1. The lowest BCUT2D eigenvalue weighted by molar-refractivity contribution is 0.0911. The van der Waals surface area contributed by atoms with Gasteiger partial charge in [-0.05, 0) is 45.5 Å². The average molecular weight is 388 g/mol. The molecule has 0 aliphatic carbocycles. The molecule has 1 aliphatic rings. The second-order valence-electron chi connectivity index (χ2n) is 7.04. The smallest absolute Gasteiger partial charge is 0.251 e. The summed E-state index contributed by atoms with van der Waals surface area (Å²) in [4.78, 5) is 14.5. The number of hydrogen-bond acceptors (Lipinski definition) is 4. The number of sulfonamides is 1. The van der Waals surface area contributed by atoms with Gasteiger partial charge in [0, 0.05) is 37.3 Å². The fourth-order valence-corrected chi connectivity index (χ4v) is 4.40. The van der Waals surface area contributed by atoms with Crippen molar-refractivity contribution in [1.82, 2.24) is 14.5 Å². The molecule has 0 unspecified atom stereocenters. The third kappa shape index (κ3) is 4.73. The normalized spacial score (nSPS) is 17.5. The Labute approximate surface area is 155 Å². The van der Waals surface area contributed by atoms with Crippen LogP contribution in [0.1, 0.15) is 37.6 Å². The van der Waals surface area contributed by atoms with Crippen molar-refractivity contribution in [3.8, 4) is 0 Å². The number of amides is 1. The molecule has 0 saturated carbocycles. The summed E-state index contributed by atoms with van der Waals surface area (Å²) < 4.78 is 27.3. The highest BCUT2D eigenvalue weighted by Gasteiger charge is 2.30. The van der Waals surface area contributed by atoms with Crippen molar-refractivity contribution in [1.29, 1.82) is 0 Å². The molecule has 1 aliphatic heterocycles. The van der Waals surface area contributed by atoms with Crippen LogP contribution in [0.4, 0.5) is 0 Å². The van der Waals surface area contributed by atoms with E-state index in [4.69, 9.17) is 11.6 Å². The van der Waals surface area contributed by atoms with Gasteiger partial charge in [0.1, 0.15) is 4.90 Å². The molecule has 1 aromatic rings. The lowest BCUT2D eigenvalue weighted by atomic mass is 10.0. The molecule has 2 rings (SSSR count). The van der Waals surface area contributed by atoms with Crippen LogP contribution in [0.2, 0.25) is 5.02 Å². The Kier molecular flexibility index (Phi) is 6.14. The number of likely N-dealkylation sites (N-methyl/N-ethyl adjacent to an activating group) is 1. The molecule has 1 saturated heterocycles. The van der Waals surface area contributed by atoms with Gasteiger partial charge in [0.25, 0.3) is 5.91 Å². The van der Waals surface area contributed by atoms with Gasteiger partial charge in [0.2, 0.25) is 10.0 Å². The maximum atomic E-state index is 12.9. The average Bonchev–Trinajstić information content (AvgIpc) is 2.55.